The van der Waals surface area contributed by atoms with Crippen molar-refractivity contribution in [3.8, 4) is 0 Å². The second kappa shape index (κ2) is 14.7. The van der Waals surface area contributed by atoms with Gasteiger partial charge in [0.25, 0.3) is 0 Å². The van der Waals surface area contributed by atoms with Gasteiger partial charge in [-0.25, -0.2) is 0 Å². The van der Waals surface area contributed by atoms with Crippen LogP contribution >= 0.6 is 0 Å². The highest BCUT2D eigenvalue weighted by molar-refractivity contribution is 5.94. The van der Waals surface area contributed by atoms with Gasteiger partial charge >= 0.3 is 0 Å². The molecule has 0 fully saturated rings. The lowest BCUT2D eigenvalue weighted by Crippen LogP contribution is -2.45. The molecule has 3 N–H and O–H groups in total. The Labute approximate surface area is 252 Å². The molecule has 0 bridgehead atoms. The number of aliphatic hydroxyl groups is 1. The fourth-order valence-electron chi connectivity index (χ4n) is 7.55. The fraction of sp³-hybridized carbons (Fsp3) is 0.611. The Kier molecular flexibility index (Phi) is 10.7. The van der Waals surface area contributed by atoms with Crippen LogP contribution in [-0.4, -0.2) is 60.5 Å². The van der Waals surface area contributed by atoms with E-state index in [9.17, 15) is 14.7 Å². The fourth-order valence-corrected chi connectivity index (χ4v) is 7.55. The molecule has 42 heavy (non-hydrogen) atoms. The maximum absolute atomic E-state index is 12.6. The summed E-state index contributed by atoms with van der Waals surface area (Å²) in [6.45, 7) is 4.87. The van der Waals surface area contributed by atoms with Crippen molar-refractivity contribution >= 4 is 23.0 Å². The van der Waals surface area contributed by atoms with E-state index in [1.165, 1.54) is 28.8 Å². The van der Waals surface area contributed by atoms with E-state index in [0.717, 1.165) is 70.9 Å². The number of rotatable bonds is 15. The SMILES string of the molecule is CCCCC[C@H](O)/C=C/[C@H]1C=CC(=O)[C@@H]1CCCCCCC(=O)NC[C@@H]1C=C2c3cccc4c3C(CN4)C[C@H]2N(C)C1. The molecule has 1 aromatic rings. The van der Waals surface area contributed by atoms with E-state index < -0.39 is 6.10 Å². The van der Waals surface area contributed by atoms with Gasteiger partial charge < -0.3 is 15.7 Å². The molecular formula is C36H51N3O3. The van der Waals surface area contributed by atoms with Crippen LogP contribution in [0, 0.1) is 17.8 Å². The van der Waals surface area contributed by atoms with Gasteiger partial charge in [0.1, 0.15) is 0 Å². The summed E-state index contributed by atoms with van der Waals surface area (Å²) in [4.78, 5) is 27.5. The molecule has 1 amide bonds. The summed E-state index contributed by atoms with van der Waals surface area (Å²) in [5.74, 6) is 1.37. The molecule has 0 aromatic heterocycles. The predicted octanol–water partition coefficient (Wildman–Crippen LogP) is 6.24. The van der Waals surface area contributed by atoms with Gasteiger partial charge in [-0.3, -0.25) is 14.5 Å². The normalized spacial score (nSPS) is 27.1. The number of allylic oxidation sites excluding steroid dienone is 3. The van der Waals surface area contributed by atoms with E-state index in [0.29, 0.717) is 30.8 Å². The van der Waals surface area contributed by atoms with E-state index in [4.69, 9.17) is 0 Å². The second-order valence-corrected chi connectivity index (χ2v) is 13.1. The number of carbonyl (C=O) groups is 2. The summed E-state index contributed by atoms with van der Waals surface area (Å²) in [7, 11) is 2.23. The molecule has 2 heterocycles. The predicted molar refractivity (Wildman–Crippen MR) is 171 cm³/mol. The van der Waals surface area contributed by atoms with Crippen LogP contribution < -0.4 is 10.6 Å². The Hall–Kier alpha value is -2.70. The van der Waals surface area contributed by atoms with Crippen molar-refractivity contribution in [2.45, 2.75) is 95.6 Å². The number of benzene rings is 1. The summed E-state index contributed by atoms with van der Waals surface area (Å²) < 4.78 is 0. The van der Waals surface area contributed by atoms with Crippen molar-refractivity contribution in [1.29, 1.82) is 0 Å². The number of unbranched alkanes of at least 4 members (excludes halogenated alkanes) is 5. The first-order valence-electron chi connectivity index (χ1n) is 16.6. The maximum atomic E-state index is 12.6. The highest BCUT2D eigenvalue weighted by Crippen LogP contribution is 2.48. The largest absolute Gasteiger partial charge is 0.389 e. The summed E-state index contributed by atoms with van der Waals surface area (Å²) >= 11 is 0. The first kappa shape index (κ1) is 30.7. The molecule has 1 aromatic carbocycles. The molecule has 6 nitrogen and oxygen atoms in total. The Balaban J connectivity index is 0.996. The minimum absolute atomic E-state index is 0.00186. The molecular weight excluding hydrogens is 522 g/mol. The number of hydrogen-bond donors (Lipinski definition) is 3. The summed E-state index contributed by atoms with van der Waals surface area (Å²) in [6, 6.07) is 7.11. The lowest BCUT2D eigenvalue weighted by molar-refractivity contribution is -0.121. The summed E-state index contributed by atoms with van der Waals surface area (Å²) in [5.41, 5.74) is 5.64. The van der Waals surface area contributed by atoms with Crippen molar-refractivity contribution in [1.82, 2.24) is 10.2 Å². The van der Waals surface area contributed by atoms with E-state index in [1.54, 1.807) is 6.08 Å². The number of fused-ring (bicyclic) bond motifs is 2. The average molecular weight is 574 g/mol. The van der Waals surface area contributed by atoms with Gasteiger partial charge in [-0.15, -0.1) is 0 Å². The first-order valence-corrected chi connectivity index (χ1v) is 16.6. The number of aliphatic hydroxyl groups excluding tert-OH is 1. The van der Waals surface area contributed by atoms with Crippen molar-refractivity contribution in [2.24, 2.45) is 17.8 Å². The van der Waals surface area contributed by atoms with Gasteiger partial charge in [0, 0.05) is 61.5 Å². The number of anilines is 1. The Morgan fingerprint density at radius 1 is 1.19 bits per heavy atom. The molecule has 6 atom stereocenters. The van der Waals surface area contributed by atoms with E-state index in [2.05, 4.69) is 53.8 Å². The number of likely N-dealkylation sites (N-methyl/N-ethyl adjacent to an activating group) is 1. The van der Waals surface area contributed by atoms with Crippen molar-refractivity contribution in [3.05, 3.63) is 59.7 Å². The molecule has 4 aliphatic rings. The molecule has 2 aliphatic heterocycles. The van der Waals surface area contributed by atoms with Crippen molar-refractivity contribution < 1.29 is 14.7 Å². The van der Waals surface area contributed by atoms with E-state index >= 15 is 0 Å². The number of nitrogens with zero attached hydrogens (tertiary/aromatic N) is 1. The highest BCUT2D eigenvalue weighted by atomic mass is 16.3. The molecule has 0 saturated heterocycles. The minimum Gasteiger partial charge on any atom is -0.389 e. The van der Waals surface area contributed by atoms with Crippen LogP contribution in [0.1, 0.15) is 94.6 Å². The number of ketones is 1. The van der Waals surface area contributed by atoms with Crippen LogP contribution in [-0.2, 0) is 9.59 Å². The van der Waals surface area contributed by atoms with Gasteiger partial charge in [0.15, 0.2) is 5.78 Å². The molecule has 0 saturated carbocycles. The van der Waals surface area contributed by atoms with Gasteiger partial charge in [-0.05, 0) is 61.6 Å². The Morgan fingerprint density at radius 2 is 2.05 bits per heavy atom. The number of carbonyl (C=O) groups excluding carboxylic acids is 2. The molecule has 2 aliphatic carbocycles. The molecule has 0 radical (unpaired) electrons. The maximum Gasteiger partial charge on any atom is 0.220 e. The second-order valence-electron chi connectivity index (χ2n) is 13.1. The van der Waals surface area contributed by atoms with Gasteiger partial charge in [-0.1, -0.05) is 81.9 Å². The number of hydrogen-bond acceptors (Lipinski definition) is 5. The zero-order chi connectivity index (χ0) is 29.5. The summed E-state index contributed by atoms with van der Waals surface area (Å²) in [6.07, 6.45) is 20.2. The van der Waals surface area contributed by atoms with Gasteiger partial charge in [0.05, 0.1) is 6.10 Å². The smallest absolute Gasteiger partial charge is 0.220 e. The van der Waals surface area contributed by atoms with E-state index in [1.807, 2.05) is 18.2 Å². The van der Waals surface area contributed by atoms with Crippen LogP contribution in [0.15, 0.2) is 48.6 Å². The van der Waals surface area contributed by atoms with Crippen LogP contribution in [0.4, 0.5) is 5.69 Å². The molecule has 228 valence electrons. The monoisotopic (exact) mass is 573 g/mol. The topological polar surface area (TPSA) is 81.7 Å². The summed E-state index contributed by atoms with van der Waals surface area (Å²) in [5, 5.41) is 17.0. The zero-order valence-electron chi connectivity index (χ0n) is 25.7. The highest BCUT2D eigenvalue weighted by Gasteiger charge is 2.39. The zero-order valence-corrected chi connectivity index (χ0v) is 25.7. The minimum atomic E-state index is -0.419. The van der Waals surface area contributed by atoms with Crippen molar-refractivity contribution in [2.75, 3.05) is 32.0 Å². The molecule has 0 spiro atoms. The van der Waals surface area contributed by atoms with Crippen LogP contribution in [0.25, 0.3) is 5.57 Å². The third kappa shape index (κ3) is 7.44. The number of amides is 1. The molecule has 1 unspecified atom stereocenters. The molecule has 5 rings (SSSR count). The number of nitrogens with one attached hydrogen (secondary N) is 2. The first-order chi connectivity index (χ1) is 20.4. The Bertz CT molecular complexity index is 1190. The van der Waals surface area contributed by atoms with Gasteiger partial charge in [0.2, 0.25) is 5.91 Å². The quantitative estimate of drug-likeness (QED) is 0.171. The third-order valence-corrected chi connectivity index (χ3v) is 9.90. The average Bonchev–Trinajstić information content (AvgIpc) is 3.57. The van der Waals surface area contributed by atoms with Crippen LogP contribution in [0.2, 0.25) is 0 Å². The molecule has 6 heteroatoms. The third-order valence-electron chi connectivity index (χ3n) is 9.90. The van der Waals surface area contributed by atoms with E-state index in [-0.39, 0.29) is 23.5 Å². The van der Waals surface area contributed by atoms with Crippen molar-refractivity contribution in [3.63, 3.8) is 0 Å². The lowest BCUT2D eigenvalue weighted by atomic mass is 9.74. The van der Waals surface area contributed by atoms with Crippen LogP contribution in [0.3, 0.4) is 0 Å². The standard InChI is InChI=1S/C36H51N3O3/c1-3-4-7-11-28(40)18-16-26-17-19-34(41)29(26)12-8-5-6-9-15-35(42)38-22-25-20-31-30-13-10-14-32-36(30)27(23-37-32)21-33(31)39(2)24-25/h10,13-14,16-20,25-29,33,37,40H,3-9,11-12,15,21-24H2,1-2H3,(H,38,42)/b18-16+/t25-,26-,27?,28-,29+,33+/m0/s1. The van der Waals surface area contributed by atoms with Gasteiger partial charge in [-0.2, -0.15) is 0 Å². The Morgan fingerprint density at radius 3 is 2.90 bits per heavy atom. The lowest BCUT2D eigenvalue weighted by Gasteiger charge is -2.42. The van der Waals surface area contributed by atoms with Crippen LogP contribution in [0.5, 0.6) is 0 Å².